The first-order valence-electron chi connectivity index (χ1n) is 7.21. The first-order chi connectivity index (χ1) is 9.31. The number of nitrogens with zero attached hydrogens (tertiary/aromatic N) is 2. The normalized spacial score (nSPS) is 18.8. The molecule has 0 aliphatic carbocycles. The highest BCUT2D eigenvalue weighted by atomic mass is 35.5. The van der Waals surface area contributed by atoms with Crippen LogP contribution in [-0.4, -0.2) is 34.9 Å². The predicted molar refractivity (Wildman–Crippen MR) is 82.8 cm³/mol. The minimum Gasteiger partial charge on any atom is -0.334 e. The van der Waals surface area contributed by atoms with Crippen LogP contribution in [0.1, 0.15) is 38.3 Å². The molecule has 20 heavy (non-hydrogen) atoms. The molecular formula is C15H24ClN3O. The van der Waals surface area contributed by atoms with Gasteiger partial charge in [-0.2, -0.15) is 0 Å². The number of rotatable bonds is 4. The molecule has 112 valence electrons. The van der Waals surface area contributed by atoms with Crippen LogP contribution in [0.15, 0.2) is 24.4 Å². The molecular weight excluding hydrogens is 274 g/mol. The maximum absolute atomic E-state index is 12.2. The summed E-state index contributed by atoms with van der Waals surface area (Å²) in [5, 5.41) is 3.40. The Morgan fingerprint density at radius 1 is 1.40 bits per heavy atom. The molecule has 1 fully saturated rings. The van der Waals surface area contributed by atoms with Gasteiger partial charge in [-0.05, 0) is 44.5 Å². The number of carbonyl (C=O) groups is 1. The zero-order valence-electron chi connectivity index (χ0n) is 12.0. The molecule has 2 heterocycles. The van der Waals surface area contributed by atoms with Crippen LogP contribution in [0.4, 0.5) is 0 Å². The van der Waals surface area contributed by atoms with Crippen LogP contribution in [-0.2, 0) is 11.3 Å². The molecule has 1 atom stereocenters. The Labute approximate surface area is 127 Å². The minimum absolute atomic E-state index is 0. The van der Waals surface area contributed by atoms with Gasteiger partial charge in [0.1, 0.15) is 0 Å². The summed E-state index contributed by atoms with van der Waals surface area (Å²) < 4.78 is 0. The van der Waals surface area contributed by atoms with Crippen molar-refractivity contribution in [2.45, 2.75) is 45.2 Å². The van der Waals surface area contributed by atoms with E-state index in [9.17, 15) is 4.79 Å². The van der Waals surface area contributed by atoms with Crippen molar-refractivity contribution in [3.8, 4) is 0 Å². The third-order valence-electron chi connectivity index (χ3n) is 3.67. The fraction of sp³-hybridized carbons (Fsp3) is 0.600. The van der Waals surface area contributed by atoms with Gasteiger partial charge in [-0.25, -0.2) is 0 Å². The molecule has 4 nitrogen and oxygen atoms in total. The lowest BCUT2D eigenvalue weighted by atomic mass is 10.1. The smallest absolute Gasteiger partial charge is 0.222 e. The maximum atomic E-state index is 12.2. The lowest BCUT2D eigenvalue weighted by molar-refractivity contribution is -0.134. The zero-order chi connectivity index (χ0) is 13.5. The van der Waals surface area contributed by atoms with Gasteiger partial charge in [-0.1, -0.05) is 13.0 Å². The van der Waals surface area contributed by atoms with E-state index in [1.54, 1.807) is 6.20 Å². The van der Waals surface area contributed by atoms with E-state index in [1.165, 1.54) is 0 Å². The van der Waals surface area contributed by atoms with Crippen LogP contribution >= 0.6 is 12.4 Å². The SMILES string of the molecule is CCC(=O)N(Cc1ccccn1)C1CCCNCC1.Cl. The molecule has 0 aromatic carbocycles. The van der Waals surface area contributed by atoms with Crippen molar-refractivity contribution in [1.82, 2.24) is 15.2 Å². The van der Waals surface area contributed by atoms with Crippen molar-refractivity contribution in [2.24, 2.45) is 0 Å². The molecule has 1 unspecified atom stereocenters. The van der Waals surface area contributed by atoms with Crippen molar-refractivity contribution >= 4 is 18.3 Å². The number of nitrogens with one attached hydrogen (secondary N) is 1. The highest BCUT2D eigenvalue weighted by molar-refractivity contribution is 5.85. The van der Waals surface area contributed by atoms with Crippen LogP contribution in [0.3, 0.4) is 0 Å². The first-order valence-corrected chi connectivity index (χ1v) is 7.21. The Balaban J connectivity index is 0.00000200. The van der Waals surface area contributed by atoms with E-state index in [0.717, 1.165) is 38.0 Å². The van der Waals surface area contributed by atoms with Crippen LogP contribution in [0.2, 0.25) is 0 Å². The molecule has 1 aliphatic heterocycles. The maximum Gasteiger partial charge on any atom is 0.222 e. The lowest BCUT2D eigenvalue weighted by Crippen LogP contribution is -2.40. The number of pyridine rings is 1. The molecule has 0 saturated carbocycles. The van der Waals surface area contributed by atoms with E-state index in [0.29, 0.717) is 19.0 Å². The highest BCUT2D eigenvalue weighted by Crippen LogP contribution is 2.17. The zero-order valence-corrected chi connectivity index (χ0v) is 12.9. The van der Waals surface area contributed by atoms with Gasteiger partial charge in [0.2, 0.25) is 5.91 Å². The van der Waals surface area contributed by atoms with Gasteiger partial charge in [-0.15, -0.1) is 12.4 Å². The van der Waals surface area contributed by atoms with Crippen molar-refractivity contribution in [3.05, 3.63) is 30.1 Å². The number of aromatic nitrogens is 1. The van der Waals surface area contributed by atoms with Gasteiger partial charge in [0.15, 0.2) is 0 Å². The molecule has 1 aromatic rings. The average Bonchev–Trinajstić information content (AvgIpc) is 2.74. The fourth-order valence-electron chi connectivity index (χ4n) is 2.60. The topological polar surface area (TPSA) is 45.2 Å². The summed E-state index contributed by atoms with van der Waals surface area (Å²) >= 11 is 0. The Morgan fingerprint density at radius 3 is 2.95 bits per heavy atom. The molecule has 1 saturated heterocycles. The summed E-state index contributed by atoms with van der Waals surface area (Å²) in [6.45, 7) is 4.63. The van der Waals surface area contributed by atoms with Crippen molar-refractivity contribution in [3.63, 3.8) is 0 Å². The van der Waals surface area contributed by atoms with E-state index in [-0.39, 0.29) is 18.3 Å². The Kier molecular flexibility index (Phi) is 7.55. The minimum atomic E-state index is 0. The third-order valence-corrected chi connectivity index (χ3v) is 3.67. The molecule has 0 spiro atoms. The van der Waals surface area contributed by atoms with Crippen LogP contribution in [0.25, 0.3) is 0 Å². The summed E-state index contributed by atoms with van der Waals surface area (Å²) in [6, 6.07) is 6.23. The molecule has 1 aliphatic rings. The molecule has 0 radical (unpaired) electrons. The Hall–Kier alpha value is -1.13. The van der Waals surface area contributed by atoms with Crippen LogP contribution in [0, 0.1) is 0 Å². The summed E-state index contributed by atoms with van der Waals surface area (Å²) in [5.74, 6) is 0.234. The van der Waals surface area contributed by atoms with Gasteiger partial charge in [0.25, 0.3) is 0 Å². The molecule has 0 bridgehead atoms. The highest BCUT2D eigenvalue weighted by Gasteiger charge is 2.23. The first kappa shape index (κ1) is 16.9. The molecule has 1 aromatic heterocycles. The number of amides is 1. The summed E-state index contributed by atoms with van der Waals surface area (Å²) in [6.07, 6.45) is 5.62. The predicted octanol–water partition coefficient (Wildman–Crippen LogP) is 2.38. The van der Waals surface area contributed by atoms with Crippen molar-refractivity contribution < 1.29 is 4.79 Å². The summed E-state index contributed by atoms with van der Waals surface area (Å²) in [4.78, 5) is 18.6. The lowest BCUT2D eigenvalue weighted by Gasteiger charge is -2.30. The number of carbonyl (C=O) groups excluding carboxylic acids is 1. The number of hydrogen-bond donors (Lipinski definition) is 1. The van der Waals surface area contributed by atoms with Gasteiger partial charge in [0, 0.05) is 18.7 Å². The third kappa shape index (κ3) is 4.76. The van der Waals surface area contributed by atoms with Gasteiger partial charge < -0.3 is 10.2 Å². The van der Waals surface area contributed by atoms with E-state index < -0.39 is 0 Å². The summed E-state index contributed by atoms with van der Waals surface area (Å²) in [7, 11) is 0. The largest absolute Gasteiger partial charge is 0.334 e. The number of hydrogen-bond acceptors (Lipinski definition) is 3. The Bertz CT molecular complexity index is 391. The van der Waals surface area contributed by atoms with Crippen LogP contribution in [0.5, 0.6) is 0 Å². The van der Waals surface area contributed by atoms with Crippen LogP contribution < -0.4 is 5.32 Å². The van der Waals surface area contributed by atoms with Gasteiger partial charge >= 0.3 is 0 Å². The van der Waals surface area contributed by atoms with Gasteiger partial charge in [-0.3, -0.25) is 9.78 Å². The summed E-state index contributed by atoms with van der Waals surface area (Å²) in [5.41, 5.74) is 0.974. The molecule has 1 N–H and O–H groups in total. The fourth-order valence-corrected chi connectivity index (χ4v) is 2.60. The van der Waals surface area contributed by atoms with E-state index in [4.69, 9.17) is 0 Å². The van der Waals surface area contributed by atoms with E-state index in [2.05, 4.69) is 10.3 Å². The second-order valence-corrected chi connectivity index (χ2v) is 5.03. The monoisotopic (exact) mass is 297 g/mol. The Morgan fingerprint density at radius 2 is 2.25 bits per heavy atom. The molecule has 1 amide bonds. The van der Waals surface area contributed by atoms with Crippen molar-refractivity contribution in [1.29, 1.82) is 0 Å². The van der Waals surface area contributed by atoms with E-state index >= 15 is 0 Å². The molecule has 5 heteroatoms. The average molecular weight is 298 g/mol. The molecule has 2 rings (SSSR count). The number of halogens is 1. The van der Waals surface area contributed by atoms with Crippen molar-refractivity contribution in [2.75, 3.05) is 13.1 Å². The standard InChI is InChI=1S/C15H23N3O.ClH/c1-2-15(19)18(12-13-6-3-4-10-17-13)14-7-5-9-16-11-8-14;/h3-4,6,10,14,16H,2,5,7-9,11-12H2,1H3;1H. The van der Waals surface area contributed by atoms with E-state index in [1.807, 2.05) is 30.0 Å². The second-order valence-electron chi connectivity index (χ2n) is 5.03. The quantitative estimate of drug-likeness (QED) is 0.928. The second kappa shape index (κ2) is 8.93. The van der Waals surface area contributed by atoms with Gasteiger partial charge in [0.05, 0.1) is 12.2 Å².